The molecule has 0 N–H and O–H groups in total. The van der Waals surface area contributed by atoms with Gasteiger partial charge in [-0.2, -0.15) is 13.2 Å². The number of benzene rings is 1. The zero-order valence-corrected chi connectivity index (χ0v) is 10.2. The van der Waals surface area contributed by atoms with Crippen molar-refractivity contribution >= 4 is 15.9 Å². The maximum absolute atomic E-state index is 12.4. The fraction of sp³-hybridized carbons (Fsp3) is 0.333. The molecule has 0 saturated carbocycles. The molecule has 1 rings (SSSR count). The molecule has 0 aliphatic carbocycles. The molecule has 0 unspecified atom stereocenters. The molecule has 0 saturated heterocycles. The molecule has 0 radical (unpaired) electrons. The third-order valence-corrected chi connectivity index (χ3v) is 2.51. The molecule has 0 atom stereocenters. The topological polar surface area (TPSA) is 0 Å². The largest absolute Gasteiger partial charge is 0.416 e. The smallest absolute Gasteiger partial charge is 0.166 e. The van der Waals surface area contributed by atoms with E-state index >= 15 is 0 Å². The average Bonchev–Trinajstić information content (AvgIpc) is 2.24. The Kier molecular flexibility index (Phi) is 5.06. The van der Waals surface area contributed by atoms with E-state index in [9.17, 15) is 13.2 Å². The standard InChI is InChI=1S/C12H12BrF3/c13-8-3-1-2-5-10-6-4-7-11(9-10)12(14,15)16/h1-2,4,6-7,9H,3,5,8H2. The Morgan fingerprint density at radius 2 is 1.94 bits per heavy atom. The van der Waals surface area contributed by atoms with Crippen LogP contribution in [-0.2, 0) is 12.6 Å². The van der Waals surface area contributed by atoms with Crippen LogP contribution in [0, 0.1) is 0 Å². The van der Waals surface area contributed by atoms with E-state index in [2.05, 4.69) is 15.9 Å². The molecule has 0 aliphatic heterocycles. The second-order valence-electron chi connectivity index (χ2n) is 3.35. The van der Waals surface area contributed by atoms with Crippen molar-refractivity contribution in [2.24, 2.45) is 0 Å². The molecule has 0 aliphatic rings. The average molecular weight is 293 g/mol. The number of hydrogen-bond donors (Lipinski definition) is 0. The number of halogens is 4. The summed E-state index contributed by atoms with van der Waals surface area (Å²) in [5, 5.41) is 0.867. The quantitative estimate of drug-likeness (QED) is 0.562. The van der Waals surface area contributed by atoms with Crippen molar-refractivity contribution in [1.29, 1.82) is 0 Å². The van der Waals surface area contributed by atoms with Crippen molar-refractivity contribution in [1.82, 2.24) is 0 Å². The first kappa shape index (κ1) is 13.3. The van der Waals surface area contributed by atoms with E-state index in [0.717, 1.165) is 17.8 Å². The van der Waals surface area contributed by atoms with Gasteiger partial charge in [0.2, 0.25) is 0 Å². The van der Waals surface area contributed by atoms with Gasteiger partial charge in [0, 0.05) is 5.33 Å². The minimum Gasteiger partial charge on any atom is -0.166 e. The first-order valence-corrected chi connectivity index (χ1v) is 6.03. The van der Waals surface area contributed by atoms with Gasteiger partial charge < -0.3 is 0 Å². The maximum Gasteiger partial charge on any atom is 0.416 e. The van der Waals surface area contributed by atoms with Crippen molar-refractivity contribution in [2.45, 2.75) is 19.0 Å². The lowest BCUT2D eigenvalue weighted by Crippen LogP contribution is -2.04. The SMILES string of the molecule is FC(F)(F)c1cccc(CC=CCCBr)c1. The molecule has 0 nitrogen and oxygen atoms in total. The Morgan fingerprint density at radius 3 is 2.56 bits per heavy atom. The summed E-state index contributed by atoms with van der Waals surface area (Å²) < 4.78 is 37.2. The minimum absolute atomic E-state index is 0.539. The van der Waals surface area contributed by atoms with Crippen LogP contribution in [0.2, 0.25) is 0 Å². The van der Waals surface area contributed by atoms with Crippen LogP contribution in [-0.4, -0.2) is 5.33 Å². The molecule has 0 heterocycles. The van der Waals surface area contributed by atoms with Crippen molar-refractivity contribution in [3.8, 4) is 0 Å². The third-order valence-electron chi connectivity index (χ3n) is 2.05. The van der Waals surface area contributed by atoms with E-state index in [-0.39, 0.29) is 0 Å². The van der Waals surface area contributed by atoms with Crippen molar-refractivity contribution in [3.05, 3.63) is 47.5 Å². The highest BCUT2D eigenvalue weighted by Gasteiger charge is 2.30. The molecule has 4 heteroatoms. The van der Waals surface area contributed by atoms with E-state index in [0.29, 0.717) is 12.0 Å². The first-order chi connectivity index (χ1) is 7.54. The summed E-state index contributed by atoms with van der Waals surface area (Å²) >= 11 is 3.27. The minimum atomic E-state index is -4.25. The van der Waals surface area contributed by atoms with Crippen LogP contribution in [0.1, 0.15) is 17.5 Å². The molecule has 16 heavy (non-hydrogen) atoms. The van der Waals surface area contributed by atoms with Gasteiger partial charge >= 0.3 is 6.18 Å². The van der Waals surface area contributed by atoms with E-state index in [1.165, 1.54) is 12.1 Å². The fourth-order valence-electron chi connectivity index (χ4n) is 1.27. The van der Waals surface area contributed by atoms with Gasteiger partial charge in [0.15, 0.2) is 0 Å². The second-order valence-corrected chi connectivity index (χ2v) is 4.14. The van der Waals surface area contributed by atoms with E-state index in [1.807, 2.05) is 12.2 Å². The van der Waals surface area contributed by atoms with Crippen LogP contribution in [0.25, 0.3) is 0 Å². The van der Waals surface area contributed by atoms with Gasteiger partial charge in [-0.25, -0.2) is 0 Å². The Balaban J connectivity index is 2.68. The van der Waals surface area contributed by atoms with E-state index < -0.39 is 11.7 Å². The highest BCUT2D eigenvalue weighted by Crippen LogP contribution is 2.29. The molecule has 0 bridgehead atoms. The monoisotopic (exact) mass is 292 g/mol. The van der Waals surface area contributed by atoms with Crippen molar-refractivity contribution < 1.29 is 13.2 Å². The number of allylic oxidation sites excluding steroid dienone is 2. The lowest BCUT2D eigenvalue weighted by molar-refractivity contribution is -0.137. The highest BCUT2D eigenvalue weighted by atomic mass is 79.9. The summed E-state index contributed by atoms with van der Waals surface area (Å²) in [5.74, 6) is 0. The van der Waals surface area contributed by atoms with Gasteiger partial charge in [-0.05, 0) is 24.5 Å². The van der Waals surface area contributed by atoms with Crippen LogP contribution in [0.15, 0.2) is 36.4 Å². The third kappa shape index (κ3) is 4.39. The summed E-state index contributed by atoms with van der Waals surface area (Å²) in [6.07, 6.45) is 1.01. The molecule has 1 aromatic rings. The second kappa shape index (κ2) is 6.09. The number of hydrogen-bond acceptors (Lipinski definition) is 0. The van der Waals surface area contributed by atoms with Gasteiger partial charge in [0.05, 0.1) is 5.56 Å². The molecular weight excluding hydrogens is 281 g/mol. The Bertz CT molecular complexity index is 356. The first-order valence-electron chi connectivity index (χ1n) is 4.91. The zero-order valence-electron chi connectivity index (χ0n) is 8.60. The molecule has 0 fully saturated rings. The fourth-order valence-corrected chi connectivity index (χ4v) is 1.54. The van der Waals surface area contributed by atoms with Crippen LogP contribution in [0.4, 0.5) is 13.2 Å². The highest BCUT2D eigenvalue weighted by molar-refractivity contribution is 9.09. The normalized spacial score (nSPS) is 12.2. The van der Waals surface area contributed by atoms with E-state index in [4.69, 9.17) is 0 Å². The van der Waals surface area contributed by atoms with Crippen molar-refractivity contribution in [2.75, 3.05) is 5.33 Å². The molecule has 0 aromatic heterocycles. The summed E-state index contributed by atoms with van der Waals surface area (Å²) in [6, 6.07) is 5.42. The number of rotatable bonds is 4. The van der Waals surface area contributed by atoms with Gasteiger partial charge in [-0.15, -0.1) is 0 Å². The molecule has 0 amide bonds. The van der Waals surface area contributed by atoms with Crippen LogP contribution in [0.3, 0.4) is 0 Å². The van der Waals surface area contributed by atoms with Gasteiger partial charge in [-0.1, -0.05) is 46.3 Å². The van der Waals surface area contributed by atoms with Crippen molar-refractivity contribution in [3.63, 3.8) is 0 Å². The van der Waals surface area contributed by atoms with Crippen LogP contribution >= 0.6 is 15.9 Å². The molecule has 1 aromatic carbocycles. The van der Waals surface area contributed by atoms with Gasteiger partial charge in [-0.3, -0.25) is 0 Å². The number of alkyl halides is 4. The molecule has 88 valence electrons. The maximum atomic E-state index is 12.4. The lowest BCUT2D eigenvalue weighted by atomic mass is 10.1. The summed E-state index contributed by atoms with van der Waals surface area (Å²) in [4.78, 5) is 0. The Morgan fingerprint density at radius 1 is 1.19 bits per heavy atom. The summed E-state index contributed by atoms with van der Waals surface area (Å²) in [6.45, 7) is 0. The van der Waals surface area contributed by atoms with Crippen LogP contribution < -0.4 is 0 Å². The van der Waals surface area contributed by atoms with Gasteiger partial charge in [0.25, 0.3) is 0 Å². The summed E-state index contributed by atoms with van der Waals surface area (Å²) in [7, 11) is 0. The van der Waals surface area contributed by atoms with Crippen LogP contribution in [0.5, 0.6) is 0 Å². The zero-order chi connectivity index (χ0) is 12.0. The Labute approximate surface area is 101 Å². The lowest BCUT2D eigenvalue weighted by Gasteiger charge is -2.07. The summed E-state index contributed by atoms with van der Waals surface area (Å²) in [5.41, 5.74) is 0.0968. The predicted molar refractivity (Wildman–Crippen MR) is 62.7 cm³/mol. The van der Waals surface area contributed by atoms with Gasteiger partial charge in [0.1, 0.15) is 0 Å². The predicted octanol–water partition coefficient (Wildman–Crippen LogP) is 4.59. The Hall–Kier alpha value is -0.770. The molecular formula is C12H12BrF3. The van der Waals surface area contributed by atoms with E-state index in [1.54, 1.807) is 6.07 Å². The molecule has 0 spiro atoms.